The highest BCUT2D eigenvalue weighted by Crippen LogP contribution is 2.33. The van der Waals surface area contributed by atoms with Gasteiger partial charge in [-0.2, -0.15) is 5.10 Å². The van der Waals surface area contributed by atoms with Gasteiger partial charge in [-0.05, 0) is 49.7 Å². The molecule has 1 aliphatic rings. The highest BCUT2D eigenvalue weighted by atomic mass is 16.5. The van der Waals surface area contributed by atoms with E-state index in [1.54, 1.807) is 20.4 Å². The van der Waals surface area contributed by atoms with Gasteiger partial charge in [0.25, 0.3) is 0 Å². The molecule has 170 valence electrons. The van der Waals surface area contributed by atoms with E-state index < -0.39 is 0 Å². The first-order valence-corrected chi connectivity index (χ1v) is 11.1. The van der Waals surface area contributed by atoms with Crippen LogP contribution in [-0.2, 0) is 17.9 Å². The maximum Gasteiger partial charge on any atom is 0.216 e. The number of piperidine rings is 1. The number of methoxy groups -OCH3 is 2. The second-order valence-electron chi connectivity index (χ2n) is 8.22. The molecule has 4 rings (SSSR count). The molecular formula is C24H31N5O3. The normalized spacial score (nSPS) is 16.8. The number of nitrogens with one attached hydrogen (secondary N) is 1. The Kier molecular flexibility index (Phi) is 6.90. The lowest BCUT2D eigenvalue weighted by atomic mass is 9.93. The predicted octanol–water partition coefficient (Wildman–Crippen LogP) is 2.96. The van der Waals surface area contributed by atoms with Crippen LogP contribution in [0.2, 0.25) is 0 Å². The van der Waals surface area contributed by atoms with E-state index in [2.05, 4.69) is 27.3 Å². The lowest BCUT2D eigenvalue weighted by Gasteiger charge is -2.32. The number of fused-ring (bicyclic) bond motifs is 1. The van der Waals surface area contributed by atoms with Crippen LogP contribution >= 0.6 is 0 Å². The van der Waals surface area contributed by atoms with Crippen LogP contribution in [0.25, 0.3) is 11.0 Å². The van der Waals surface area contributed by atoms with Crippen molar-refractivity contribution in [3.8, 4) is 11.5 Å². The number of hydrogen-bond acceptors (Lipinski definition) is 6. The van der Waals surface area contributed by atoms with E-state index in [1.807, 2.05) is 22.9 Å². The van der Waals surface area contributed by atoms with E-state index in [9.17, 15) is 4.79 Å². The molecule has 0 bridgehead atoms. The Balaban J connectivity index is 1.54. The number of ether oxygens (including phenoxy) is 2. The molecule has 0 unspecified atom stereocenters. The van der Waals surface area contributed by atoms with Crippen molar-refractivity contribution in [2.24, 2.45) is 0 Å². The topological polar surface area (TPSA) is 81.5 Å². The molecule has 0 radical (unpaired) electrons. The lowest BCUT2D eigenvalue weighted by molar-refractivity contribution is -0.118. The molecule has 3 aromatic rings. The van der Waals surface area contributed by atoms with Gasteiger partial charge in [0.1, 0.15) is 11.5 Å². The number of aromatic nitrogens is 3. The summed E-state index contributed by atoms with van der Waals surface area (Å²) >= 11 is 0. The Bertz CT molecular complexity index is 1080. The standard InChI is InChI=1S/C24H31N5O3/c1-17(30)25-11-13-29-24-21(7-4-10-26-24)23(27-29)18-6-5-12-28(15-18)16-19-14-20(31-2)8-9-22(19)32-3/h4,7-10,14,18H,5-6,11-13,15-16H2,1-3H3,(H,25,30)/t18-/m0/s1. The van der Waals surface area contributed by atoms with Crippen molar-refractivity contribution in [2.75, 3.05) is 33.9 Å². The second kappa shape index (κ2) is 9.99. The summed E-state index contributed by atoms with van der Waals surface area (Å²) < 4.78 is 12.9. The van der Waals surface area contributed by atoms with Crippen molar-refractivity contribution >= 4 is 16.9 Å². The molecule has 32 heavy (non-hydrogen) atoms. The minimum absolute atomic E-state index is 0.0365. The van der Waals surface area contributed by atoms with Crippen LogP contribution in [0.5, 0.6) is 11.5 Å². The van der Waals surface area contributed by atoms with Gasteiger partial charge in [-0.25, -0.2) is 9.67 Å². The van der Waals surface area contributed by atoms with Crippen LogP contribution in [0.1, 0.15) is 36.9 Å². The van der Waals surface area contributed by atoms with Crippen LogP contribution in [-0.4, -0.2) is 59.4 Å². The summed E-state index contributed by atoms with van der Waals surface area (Å²) in [6, 6.07) is 10.0. The number of hydrogen-bond donors (Lipinski definition) is 1. The van der Waals surface area contributed by atoms with Gasteiger partial charge in [-0.1, -0.05) is 0 Å². The van der Waals surface area contributed by atoms with Crippen molar-refractivity contribution in [1.29, 1.82) is 0 Å². The van der Waals surface area contributed by atoms with Crippen LogP contribution in [0.4, 0.5) is 0 Å². The minimum atomic E-state index is -0.0365. The molecular weight excluding hydrogens is 406 g/mol. The van der Waals surface area contributed by atoms with Crippen molar-refractivity contribution in [1.82, 2.24) is 25.0 Å². The summed E-state index contributed by atoms with van der Waals surface area (Å²) in [7, 11) is 3.39. The van der Waals surface area contributed by atoms with Gasteiger partial charge in [-0.15, -0.1) is 0 Å². The molecule has 0 aliphatic carbocycles. The molecule has 0 spiro atoms. The zero-order valence-electron chi connectivity index (χ0n) is 19.0. The maximum absolute atomic E-state index is 11.2. The van der Waals surface area contributed by atoms with Crippen LogP contribution in [0.15, 0.2) is 36.5 Å². The highest BCUT2D eigenvalue weighted by molar-refractivity contribution is 5.79. The molecule has 3 heterocycles. The Labute approximate surface area is 188 Å². The zero-order valence-corrected chi connectivity index (χ0v) is 19.0. The molecule has 1 atom stereocenters. The van der Waals surface area contributed by atoms with Gasteiger partial charge in [0.15, 0.2) is 5.65 Å². The molecule has 1 aromatic carbocycles. The number of rotatable bonds is 8. The van der Waals surface area contributed by atoms with Crippen molar-refractivity contribution in [2.45, 2.75) is 38.8 Å². The Morgan fingerprint density at radius 2 is 2.12 bits per heavy atom. The summed E-state index contributed by atoms with van der Waals surface area (Å²) in [6.45, 7) is 5.43. The summed E-state index contributed by atoms with van der Waals surface area (Å²) in [5.74, 6) is 2.01. The third-order valence-corrected chi connectivity index (χ3v) is 6.01. The van der Waals surface area contributed by atoms with Crippen LogP contribution in [0, 0.1) is 0 Å². The lowest BCUT2D eigenvalue weighted by Crippen LogP contribution is -2.34. The molecule has 2 aromatic heterocycles. The van der Waals surface area contributed by atoms with Gasteiger partial charge in [0.05, 0.1) is 26.5 Å². The van der Waals surface area contributed by atoms with Gasteiger partial charge >= 0.3 is 0 Å². The number of carbonyl (C=O) groups is 1. The third kappa shape index (κ3) is 4.85. The fourth-order valence-electron chi connectivity index (χ4n) is 4.50. The third-order valence-electron chi connectivity index (χ3n) is 6.01. The second-order valence-corrected chi connectivity index (χ2v) is 8.22. The first-order chi connectivity index (χ1) is 15.6. The zero-order chi connectivity index (χ0) is 22.5. The fourth-order valence-corrected chi connectivity index (χ4v) is 4.50. The van der Waals surface area contributed by atoms with Gasteiger partial charge in [0.2, 0.25) is 5.91 Å². The molecule has 8 nitrogen and oxygen atoms in total. The average Bonchev–Trinajstić information content (AvgIpc) is 3.18. The summed E-state index contributed by atoms with van der Waals surface area (Å²) in [4.78, 5) is 18.3. The number of amides is 1. The monoisotopic (exact) mass is 437 g/mol. The molecule has 1 aliphatic heterocycles. The molecule has 1 fully saturated rings. The van der Waals surface area contributed by atoms with Crippen molar-refractivity contribution in [3.05, 3.63) is 47.8 Å². The number of benzene rings is 1. The van der Waals surface area contributed by atoms with E-state index in [-0.39, 0.29) is 5.91 Å². The van der Waals surface area contributed by atoms with Crippen LogP contribution < -0.4 is 14.8 Å². The summed E-state index contributed by atoms with van der Waals surface area (Å²) in [6.07, 6.45) is 4.00. The van der Waals surface area contributed by atoms with Gasteiger partial charge in [-0.3, -0.25) is 9.69 Å². The van der Waals surface area contributed by atoms with E-state index >= 15 is 0 Å². The Morgan fingerprint density at radius 1 is 1.25 bits per heavy atom. The molecule has 8 heteroatoms. The number of likely N-dealkylation sites (tertiary alicyclic amines) is 1. The Hall–Kier alpha value is -3.13. The summed E-state index contributed by atoms with van der Waals surface area (Å²) in [5.41, 5.74) is 3.09. The highest BCUT2D eigenvalue weighted by Gasteiger charge is 2.27. The fraction of sp³-hybridized carbons (Fsp3) is 0.458. The van der Waals surface area contributed by atoms with E-state index in [0.717, 1.165) is 66.3 Å². The maximum atomic E-state index is 11.2. The number of carbonyl (C=O) groups excluding carboxylic acids is 1. The summed E-state index contributed by atoms with van der Waals surface area (Å²) in [5, 5.41) is 8.89. The minimum Gasteiger partial charge on any atom is -0.497 e. The SMILES string of the molecule is COc1ccc(OC)c(CN2CCC[C@H](c3nn(CCNC(C)=O)c4ncccc34)C2)c1. The van der Waals surface area contributed by atoms with Gasteiger partial charge in [0, 0.05) is 49.6 Å². The first kappa shape index (κ1) is 22.1. The average molecular weight is 438 g/mol. The Morgan fingerprint density at radius 3 is 2.91 bits per heavy atom. The molecule has 1 amide bonds. The smallest absolute Gasteiger partial charge is 0.216 e. The van der Waals surface area contributed by atoms with Crippen molar-refractivity contribution < 1.29 is 14.3 Å². The molecule has 1 N–H and O–H groups in total. The van der Waals surface area contributed by atoms with Gasteiger partial charge < -0.3 is 14.8 Å². The predicted molar refractivity (Wildman–Crippen MR) is 123 cm³/mol. The molecule has 1 saturated heterocycles. The number of nitrogens with zero attached hydrogens (tertiary/aromatic N) is 4. The van der Waals surface area contributed by atoms with Crippen LogP contribution in [0.3, 0.4) is 0 Å². The quantitative estimate of drug-likeness (QED) is 0.584. The van der Waals surface area contributed by atoms with Crippen molar-refractivity contribution in [3.63, 3.8) is 0 Å². The largest absolute Gasteiger partial charge is 0.497 e. The van der Waals surface area contributed by atoms with E-state index in [4.69, 9.17) is 14.6 Å². The van der Waals surface area contributed by atoms with E-state index in [1.165, 1.54) is 6.92 Å². The first-order valence-electron chi connectivity index (χ1n) is 11.1. The van der Waals surface area contributed by atoms with E-state index in [0.29, 0.717) is 19.0 Å². The molecule has 0 saturated carbocycles. The number of pyridine rings is 1.